The zero-order valence-corrected chi connectivity index (χ0v) is 22.3. The van der Waals surface area contributed by atoms with E-state index in [-0.39, 0.29) is 36.4 Å². The molecule has 2 saturated heterocycles. The van der Waals surface area contributed by atoms with Gasteiger partial charge in [-0.25, -0.2) is 4.79 Å². The number of carbonyl (C=O) groups is 4. The second kappa shape index (κ2) is 8.24. The van der Waals surface area contributed by atoms with Gasteiger partial charge in [0.05, 0.1) is 24.0 Å². The monoisotopic (exact) mass is 516 g/mol. The number of carbonyl (C=O) groups excluding carboxylic acids is 4. The summed E-state index contributed by atoms with van der Waals surface area (Å²) >= 11 is 0. The van der Waals surface area contributed by atoms with Crippen LogP contribution in [0, 0.1) is 29.1 Å². The molecule has 0 aromatic carbocycles. The zero-order chi connectivity index (χ0) is 27.1. The third-order valence-electron chi connectivity index (χ3n) is 9.55. The Hall–Kier alpha value is -2.52. The average molecular weight is 517 g/mol. The van der Waals surface area contributed by atoms with Crippen LogP contribution >= 0.6 is 0 Å². The molecule has 5 aliphatic rings. The zero-order valence-electron chi connectivity index (χ0n) is 22.3. The second-order valence-corrected chi connectivity index (χ2v) is 12.4. The van der Waals surface area contributed by atoms with Gasteiger partial charge in [-0.3, -0.25) is 14.4 Å². The molecule has 9 heteroatoms. The van der Waals surface area contributed by atoms with Crippen LogP contribution in [0.2, 0.25) is 0 Å². The summed E-state index contributed by atoms with van der Waals surface area (Å²) in [6.45, 7) is 10.3. The third kappa shape index (κ3) is 3.80. The van der Waals surface area contributed by atoms with E-state index in [0.29, 0.717) is 30.6 Å². The predicted octanol–water partition coefficient (Wildman–Crippen LogP) is 3.14. The van der Waals surface area contributed by atoms with Crippen LogP contribution < -0.4 is 0 Å². The van der Waals surface area contributed by atoms with Gasteiger partial charge in [0.15, 0.2) is 0 Å². The maximum Gasteiger partial charge on any atom is 0.339 e. The van der Waals surface area contributed by atoms with Gasteiger partial charge in [-0.2, -0.15) is 0 Å². The first-order chi connectivity index (χ1) is 17.1. The molecule has 1 N–H and O–H groups in total. The Balaban J connectivity index is 1.45. The number of allylic oxidation sites excluding steroid dienone is 1. The van der Waals surface area contributed by atoms with Crippen LogP contribution in [0.15, 0.2) is 23.5 Å². The minimum atomic E-state index is -1.28. The minimum absolute atomic E-state index is 0.0547. The molecule has 5 rings (SSSR count). The maximum atomic E-state index is 13.4. The highest BCUT2D eigenvalue weighted by Gasteiger charge is 2.76. The Morgan fingerprint density at radius 1 is 1.22 bits per heavy atom. The summed E-state index contributed by atoms with van der Waals surface area (Å²) in [6.07, 6.45) is 4.33. The molecular formula is C28H36O9. The standard InChI is InChI=1S/C28H36O9/c1-14-9-17(34-24(14)32)10-15(2)28-26(6,13-22(31)36-28)20-11-27(33)12-21(30)18(25(4,5)35-16(3)29)7-8-19(27)23(20)37-28/h9-10,15,18-20,23,33H,7-8,11-13H2,1-6H3/b17-10-/t15-,18-,19-,20+,23-,26-,27+,28+/m1/s1. The first kappa shape index (κ1) is 26.1. The van der Waals surface area contributed by atoms with Gasteiger partial charge in [0.2, 0.25) is 5.79 Å². The second-order valence-electron chi connectivity index (χ2n) is 12.4. The fraction of sp³-hybridized carbons (Fsp3) is 0.714. The number of aliphatic hydroxyl groups is 1. The van der Waals surface area contributed by atoms with E-state index in [0.717, 1.165) is 0 Å². The van der Waals surface area contributed by atoms with E-state index in [2.05, 4.69) is 0 Å². The van der Waals surface area contributed by atoms with Crippen molar-refractivity contribution in [3.05, 3.63) is 23.5 Å². The predicted molar refractivity (Wildman–Crippen MR) is 128 cm³/mol. The Morgan fingerprint density at radius 2 is 1.92 bits per heavy atom. The van der Waals surface area contributed by atoms with E-state index < -0.39 is 52.3 Å². The number of ketones is 1. The molecule has 0 aromatic heterocycles. The van der Waals surface area contributed by atoms with Crippen LogP contribution in [-0.2, 0) is 38.1 Å². The summed E-state index contributed by atoms with van der Waals surface area (Å²) in [4.78, 5) is 49.5. The first-order valence-electron chi connectivity index (χ1n) is 13.1. The van der Waals surface area contributed by atoms with Crippen molar-refractivity contribution < 1.29 is 43.2 Å². The Bertz CT molecular complexity index is 1130. The molecule has 8 atom stereocenters. The van der Waals surface area contributed by atoms with Crippen molar-refractivity contribution in [2.45, 2.75) is 96.7 Å². The largest absolute Gasteiger partial charge is 0.459 e. The smallest absolute Gasteiger partial charge is 0.339 e. The number of hydrogen-bond donors (Lipinski definition) is 1. The van der Waals surface area contributed by atoms with Gasteiger partial charge in [0.25, 0.3) is 0 Å². The number of Topliss-reactive ketones (excluding diaryl/α,β-unsaturated/α-hetero) is 1. The van der Waals surface area contributed by atoms with Crippen molar-refractivity contribution in [1.82, 2.24) is 0 Å². The van der Waals surface area contributed by atoms with Crippen molar-refractivity contribution >= 4 is 23.7 Å². The van der Waals surface area contributed by atoms with Crippen LogP contribution in [0.25, 0.3) is 0 Å². The van der Waals surface area contributed by atoms with Gasteiger partial charge in [0, 0.05) is 42.1 Å². The normalized spacial score (nSPS) is 42.9. The van der Waals surface area contributed by atoms with E-state index >= 15 is 0 Å². The highest BCUT2D eigenvalue weighted by Crippen LogP contribution is 2.68. The summed E-state index contributed by atoms with van der Waals surface area (Å²) in [7, 11) is 0. The van der Waals surface area contributed by atoms with E-state index in [1.165, 1.54) is 6.92 Å². The lowest BCUT2D eigenvalue weighted by molar-refractivity contribution is -0.256. The van der Waals surface area contributed by atoms with Crippen molar-refractivity contribution in [3.8, 4) is 0 Å². The molecule has 37 heavy (non-hydrogen) atoms. The quantitative estimate of drug-likeness (QED) is 0.443. The molecule has 2 aliphatic carbocycles. The molecule has 0 unspecified atom stereocenters. The van der Waals surface area contributed by atoms with E-state index in [9.17, 15) is 24.3 Å². The molecule has 3 aliphatic heterocycles. The molecule has 0 bridgehead atoms. The lowest BCUT2D eigenvalue weighted by Crippen LogP contribution is -2.50. The molecule has 0 amide bonds. The molecule has 9 nitrogen and oxygen atoms in total. The lowest BCUT2D eigenvalue weighted by Gasteiger charge is -2.41. The number of hydrogen-bond acceptors (Lipinski definition) is 9. The van der Waals surface area contributed by atoms with Crippen LogP contribution in [0.4, 0.5) is 0 Å². The molecule has 4 fully saturated rings. The van der Waals surface area contributed by atoms with Gasteiger partial charge < -0.3 is 24.1 Å². The summed E-state index contributed by atoms with van der Waals surface area (Å²) in [5, 5.41) is 11.8. The van der Waals surface area contributed by atoms with Crippen LogP contribution in [0.5, 0.6) is 0 Å². The molecule has 0 spiro atoms. The Morgan fingerprint density at radius 3 is 2.54 bits per heavy atom. The summed E-state index contributed by atoms with van der Waals surface area (Å²) in [5.74, 6) is -3.78. The Labute approximate surface area is 216 Å². The van der Waals surface area contributed by atoms with E-state index in [4.69, 9.17) is 18.9 Å². The van der Waals surface area contributed by atoms with Gasteiger partial charge in [-0.1, -0.05) is 13.8 Å². The first-order valence-corrected chi connectivity index (χ1v) is 13.1. The van der Waals surface area contributed by atoms with Gasteiger partial charge in [-0.15, -0.1) is 0 Å². The maximum absolute atomic E-state index is 13.4. The molecule has 2 saturated carbocycles. The topological polar surface area (TPSA) is 125 Å². The van der Waals surface area contributed by atoms with Crippen LogP contribution in [0.3, 0.4) is 0 Å². The van der Waals surface area contributed by atoms with E-state index in [1.807, 2.05) is 13.8 Å². The van der Waals surface area contributed by atoms with E-state index in [1.54, 1.807) is 32.9 Å². The van der Waals surface area contributed by atoms with Crippen LogP contribution in [-0.4, -0.2) is 51.9 Å². The summed E-state index contributed by atoms with van der Waals surface area (Å²) in [6, 6.07) is 0. The molecular weight excluding hydrogens is 480 g/mol. The fourth-order valence-electron chi connectivity index (χ4n) is 7.87. The number of cyclic esters (lactones) is 1. The average Bonchev–Trinajstić information content (AvgIpc) is 3.33. The molecule has 3 heterocycles. The highest BCUT2D eigenvalue weighted by molar-refractivity contribution is 5.92. The van der Waals surface area contributed by atoms with Gasteiger partial charge >= 0.3 is 17.9 Å². The van der Waals surface area contributed by atoms with Gasteiger partial charge in [0.1, 0.15) is 17.1 Å². The molecule has 0 radical (unpaired) electrons. The highest BCUT2D eigenvalue weighted by atomic mass is 16.7. The van der Waals surface area contributed by atoms with Crippen molar-refractivity contribution in [1.29, 1.82) is 0 Å². The molecule has 0 aromatic rings. The number of ether oxygens (including phenoxy) is 4. The van der Waals surface area contributed by atoms with Crippen molar-refractivity contribution in [2.24, 2.45) is 29.1 Å². The van der Waals surface area contributed by atoms with Crippen LogP contribution in [0.1, 0.15) is 73.6 Å². The molecule has 202 valence electrons. The van der Waals surface area contributed by atoms with Crippen molar-refractivity contribution in [2.75, 3.05) is 0 Å². The number of fused-ring (bicyclic) bond motifs is 5. The summed E-state index contributed by atoms with van der Waals surface area (Å²) < 4.78 is 23.5. The third-order valence-corrected chi connectivity index (χ3v) is 9.55. The van der Waals surface area contributed by atoms with Gasteiger partial charge in [-0.05, 0) is 52.2 Å². The SMILES string of the molecule is CC(=O)OC(C)(C)[C@@H]1CC[C@@H]2[C@H]3O[C@]4([C@H](C)/C=C5/C=C(C)C(=O)O5)OC(=O)C[C@]4(C)[C@H]3C[C@]2(O)CC1=O. The lowest BCUT2D eigenvalue weighted by atomic mass is 9.66. The van der Waals surface area contributed by atoms with Crippen molar-refractivity contribution in [3.63, 3.8) is 0 Å². The fourth-order valence-corrected chi connectivity index (χ4v) is 7.87. The minimum Gasteiger partial charge on any atom is -0.459 e. The Kier molecular flexibility index (Phi) is 5.81. The number of rotatable bonds is 4. The number of esters is 3. The summed E-state index contributed by atoms with van der Waals surface area (Å²) in [5.41, 5.74) is -2.52.